The Kier molecular flexibility index (Phi) is 3.43. The molecule has 1 aliphatic carbocycles. The smallest absolute Gasteiger partial charge is 0.307 e. The third-order valence-corrected chi connectivity index (χ3v) is 4.15. The molecule has 1 aliphatic rings. The molecule has 1 fully saturated rings. The van der Waals surface area contributed by atoms with E-state index in [1.54, 1.807) is 18.2 Å². The highest BCUT2D eigenvalue weighted by molar-refractivity contribution is 7.98. The Morgan fingerprint density at radius 1 is 1.50 bits per heavy atom. The van der Waals surface area contributed by atoms with Crippen molar-refractivity contribution in [3.05, 3.63) is 41.8 Å². The Balaban J connectivity index is 1.61. The molecule has 2 unspecified atom stereocenters. The van der Waals surface area contributed by atoms with Gasteiger partial charge in [-0.05, 0) is 18.6 Å². The zero-order valence-electron chi connectivity index (χ0n) is 10.3. The number of carbonyl (C=O) groups is 1. The number of aromatic nitrogens is 2. The molecule has 3 rings (SSSR count). The van der Waals surface area contributed by atoms with Gasteiger partial charge in [-0.1, -0.05) is 17.3 Å². The highest BCUT2D eigenvalue weighted by Gasteiger charge is 2.48. The number of carboxylic acid groups (broad SMARTS) is 1. The quantitative estimate of drug-likeness (QED) is 0.854. The van der Waals surface area contributed by atoms with Crippen LogP contribution in [-0.4, -0.2) is 21.2 Å². The van der Waals surface area contributed by atoms with Gasteiger partial charge in [0.25, 0.3) is 0 Å². The fourth-order valence-electron chi connectivity index (χ4n) is 1.92. The largest absolute Gasteiger partial charge is 0.481 e. The van der Waals surface area contributed by atoms with E-state index in [4.69, 9.17) is 9.63 Å². The van der Waals surface area contributed by atoms with E-state index in [0.29, 0.717) is 28.8 Å². The van der Waals surface area contributed by atoms with Gasteiger partial charge in [0.05, 0.1) is 17.6 Å². The maximum Gasteiger partial charge on any atom is 0.307 e. The van der Waals surface area contributed by atoms with E-state index in [9.17, 15) is 9.18 Å². The first-order valence-corrected chi connectivity index (χ1v) is 7.06. The van der Waals surface area contributed by atoms with Crippen LogP contribution in [0.4, 0.5) is 4.39 Å². The first-order chi connectivity index (χ1) is 9.65. The topological polar surface area (TPSA) is 76.2 Å². The number of hydrogen-bond acceptors (Lipinski definition) is 5. The maximum absolute atomic E-state index is 13.4. The van der Waals surface area contributed by atoms with Crippen molar-refractivity contribution in [2.75, 3.05) is 0 Å². The molecule has 5 nitrogen and oxygen atoms in total. The van der Waals surface area contributed by atoms with Gasteiger partial charge < -0.3 is 9.63 Å². The molecule has 7 heteroatoms. The summed E-state index contributed by atoms with van der Waals surface area (Å²) in [5.41, 5.74) is 0. The number of aliphatic carboxylic acids is 1. The summed E-state index contributed by atoms with van der Waals surface area (Å²) in [6.07, 6.45) is 0.539. The lowest BCUT2D eigenvalue weighted by Gasteiger charge is -1.99. The average Bonchev–Trinajstić information content (AvgIpc) is 3.10. The normalized spacial score (nSPS) is 20.9. The molecule has 1 heterocycles. The van der Waals surface area contributed by atoms with E-state index in [0.717, 1.165) is 0 Å². The summed E-state index contributed by atoms with van der Waals surface area (Å²) in [5.74, 6) is -0.514. The molecular weight excluding hydrogens is 283 g/mol. The number of halogens is 1. The number of rotatable bonds is 5. The van der Waals surface area contributed by atoms with Crippen LogP contribution in [0.2, 0.25) is 0 Å². The van der Waals surface area contributed by atoms with Crippen LogP contribution in [0.1, 0.15) is 24.1 Å². The SMILES string of the molecule is O=C(O)C1CC1c1nc(CSc2ccccc2F)no1. The molecule has 1 saturated carbocycles. The summed E-state index contributed by atoms with van der Waals surface area (Å²) in [4.78, 5) is 15.5. The molecule has 0 spiro atoms. The van der Waals surface area contributed by atoms with E-state index >= 15 is 0 Å². The van der Waals surface area contributed by atoms with Crippen molar-refractivity contribution >= 4 is 17.7 Å². The summed E-state index contributed by atoms with van der Waals surface area (Å²) in [7, 11) is 0. The Hall–Kier alpha value is -1.89. The Labute approximate surface area is 118 Å². The molecule has 2 atom stereocenters. The van der Waals surface area contributed by atoms with Gasteiger partial charge in [-0.25, -0.2) is 4.39 Å². The molecule has 2 aromatic rings. The van der Waals surface area contributed by atoms with Crippen LogP contribution in [0.15, 0.2) is 33.7 Å². The van der Waals surface area contributed by atoms with Crippen LogP contribution in [-0.2, 0) is 10.5 Å². The minimum atomic E-state index is -0.838. The third-order valence-electron chi connectivity index (χ3n) is 3.10. The fraction of sp³-hybridized carbons (Fsp3) is 0.308. The van der Waals surface area contributed by atoms with Crippen molar-refractivity contribution in [3.63, 3.8) is 0 Å². The predicted molar refractivity (Wildman–Crippen MR) is 68.7 cm³/mol. The molecule has 0 saturated heterocycles. The molecule has 1 aromatic heterocycles. The number of thioether (sulfide) groups is 1. The van der Waals surface area contributed by atoms with Crippen LogP contribution in [0.5, 0.6) is 0 Å². The third kappa shape index (κ3) is 2.67. The van der Waals surface area contributed by atoms with Gasteiger partial charge in [0, 0.05) is 4.90 Å². The Morgan fingerprint density at radius 3 is 3.00 bits per heavy atom. The lowest BCUT2D eigenvalue weighted by Crippen LogP contribution is -1.99. The standard InChI is InChI=1S/C13H11FN2O3S/c14-9-3-1-2-4-10(9)20-6-11-15-12(19-16-11)7-5-8(7)13(17)18/h1-4,7-8H,5-6H2,(H,17,18). The van der Waals surface area contributed by atoms with Crippen LogP contribution < -0.4 is 0 Å². The Morgan fingerprint density at radius 2 is 2.30 bits per heavy atom. The molecule has 0 bridgehead atoms. The fourth-order valence-corrected chi connectivity index (χ4v) is 2.70. The molecular formula is C13H11FN2O3S. The van der Waals surface area contributed by atoms with Crippen LogP contribution in [0.25, 0.3) is 0 Å². The summed E-state index contributed by atoms with van der Waals surface area (Å²) < 4.78 is 18.5. The van der Waals surface area contributed by atoms with Crippen LogP contribution in [0, 0.1) is 11.7 Å². The van der Waals surface area contributed by atoms with Crippen molar-refractivity contribution in [2.45, 2.75) is 23.0 Å². The second kappa shape index (κ2) is 5.24. The van der Waals surface area contributed by atoms with Gasteiger partial charge >= 0.3 is 5.97 Å². The average molecular weight is 294 g/mol. The summed E-state index contributed by atoms with van der Waals surface area (Å²) in [6, 6.07) is 6.47. The minimum Gasteiger partial charge on any atom is -0.481 e. The number of benzene rings is 1. The highest BCUT2D eigenvalue weighted by Crippen LogP contribution is 2.46. The molecule has 1 N–H and O–H groups in total. The maximum atomic E-state index is 13.4. The monoisotopic (exact) mass is 294 g/mol. The van der Waals surface area contributed by atoms with Crippen molar-refractivity contribution in [2.24, 2.45) is 5.92 Å². The summed E-state index contributed by atoms with van der Waals surface area (Å²) in [5, 5.41) is 12.6. The zero-order chi connectivity index (χ0) is 14.1. The van der Waals surface area contributed by atoms with Crippen molar-refractivity contribution < 1.29 is 18.8 Å². The van der Waals surface area contributed by atoms with E-state index in [-0.39, 0.29) is 11.7 Å². The van der Waals surface area contributed by atoms with Gasteiger partial charge in [0.1, 0.15) is 5.82 Å². The van der Waals surface area contributed by atoms with Crippen molar-refractivity contribution in [3.8, 4) is 0 Å². The van der Waals surface area contributed by atoms with Gasteiger partial charge in [-0.2, -0.15) is 4.98 Å². The molecule has 20 heavy (non-hydrogen) atoms. The first-order valence-electron chi connectivity index (χ1n) is 6.08. The highest BCUT2D eigenvalue weighted by atomic mass is 32.2. The second-order valence-corrected chi connectivity index (χ2v) is 5.57. The molecule has 104 valence electrons. The lowest BCUT2D eigenvalue weighted by molar-refractivity contribution is -0.138. The first kappa shape index (κ1) is 13.1. The van der Waals surface area contributed by atoms with E-state index < -0.39 is 11.9 Å². The van der Waals surface area contributed by atoms with E-state index in [1.165, 1.54) is 17.8 Å². The number of carboxylic acids is 1. The van der Waals surface area contributed by atoms with Gasteiger partial charge in [0.15, 0.2) is 5.82 Å². The van der Waals surface area contributed by atoms with Crippen LogP contribution in [0.3, 0.4) is 0 Å². The van der Waals surface area contributed by atoms with Gasteiger partial charge in [-0.15, -0.1) is 11.8 Å². The Bertz CT molecular complexity index is 646. The number of nitrogens with zero attached hydrogens (tertiary/aromatic N) is 2. The molecule has 0 radical (unpaired) electrons. The van der Waals surface area contributed by atoms with Crippen molar-refractivity contribution in [1.82, 2.24) is 10.1 Å². The summed E-state index contributed by atoms with van der Waals surface area (Å²) >= 11 is 1.28. The lowest BCUT2D eigenvalue weighted by atomic mass is 10.3. The van der Waals surface area contributed by atoms with Crippen LogP contribution >= 0.6 is 11.8 Å². The van der Waals surface area contributed by atoms with Crippen molar-refractivity contribution in [1.29, 1.82) is 0 Å². The second-order valence-electron chi connectivity index (χ2n) is 4.55. The molecule has 0 aliphatic heterocycles. The zero-order valence-corrected chi connectivity index (χ0v) is 11.1. The number of hydrogen-bond donors (Lipinski definition) is 1. The minimum absolute atomic E-state index is 0.174. The summed E-state index contributed by atoms with van der Waals surface area (Å²) in [6.45, 7) is 0. The molecule has 1 aromatic carbocycles. The van der Waals surface area contributed by atoms with Gasteiger partial charge in [-0.3, -0.25) is 4.79 Å². The van der Waals surface area contributed by atoms with E-state index in [2.05, 4.69) is 10.1 Å². The van der Waals surface area contributed by atoms with E-state index in [1.807, 2.05) is 0 Å². The molecule has 0 amide bonds. The van der Waals surface area contributed by atoms with Gasteiger partial charge in [0.2, 0.25) is 5.89 Å². The predicted octanol–water partition coefficient (Wildman–Crippen LogP) is 2.69.